The zero-order valence-electron chi connectivity index (χ0n) is 9.18. The minimum absolute atomic E-state index is 0.0253. The fourth-order valence-electron chi connectivity index (χ4n) is 2.17. The second-order valence-electron chi connectivity index (χ2n) is 4.17. The van der Waals surface area contributed by atoms with Gasteiger partial charge in [0.15, 0.2) is 11.6 Å². The summed E-state index contributed by atoms with van der Waals surface area (Å²) in [7, 11) is 0. The lowest BCUT2D eigenvalue weighted by Gasteiger charge is -2.03. The van der Waals surface area contributed by atoms with Crippen molar-refractivity contribution >= 4 is 15.9 Å². The quantitative estimate of drug-likeness (QED) is 0.734. The number of fused-ring (bicyclic) bond motifs is 1. The molecule has 0 N–H and O–H groups in total. The molecule has 0 radical (unpaired) electrons. The lowest BCUT2D eigenvalue weighted by Crippen LogP contribution is -1.94. The number of hydrogen-bond acceptors (Lipinski definition) is 1. The third-order valence-electron chi connectivity index (χ3n) is 3.03. The van der Waals surface area contributed by atoms with Gasteiger partial charge in [0.1, 0.15) is 21.9 Å². The highest BCUT2D eigenvalue weighted by atomic mass is 79.9. The molecule has 1 aliphatic heterocycles. The molecule has 2 heterocycles. The number of hydrogen-bond donors (Lipinski definition) is 0. The standard InChI is InChI=1S/C12H8BrF3N2/c13-12-11(17-10-2-1-3-18(10)12)6-4-8(15)9(16)5-7(6)14/h4-5H,1-3H2. The second-order valence-corrected chi connectivity index (χ2v) is 4.92. The van der Waals surface area contributed by atoms with Gasteiger partial charge in [-0.2, -0.15) is 0 Å². The zero-order valence-corrected chi connectivity index (χ0v) is 10.8. The summed E-state index contributed by atoms with van der Waals surface area (Å²) in [5.41, 5.74) is 0.295. The van der Waals surface area contributed by atoms with E-state index in [9.17, 15) is 13.2 Å². The molecule has 0 saturated carbocycles. The summed E-state index contributed by atoms with van der Waals surface area (Å²) in [6.45, 7) is 0.800. The van der Waals surface area contributed by atoms with Crippen LogP contribution in [0.5, 0.6) is 0 Å². The Morgan fingerprint density at radius 1 is 1.11 bits per heavy atom. The zero-order chi connectivity index (χ0) is 12.9. The fraction of sp³-hybridized carbons (Fsp3) is 0.250. The van der Waals surface area contributed by atoms with Crippen LogP contribution in [0.4, 0.5) is 13.2 Å². The van der Waals surface area contributed by atoms with Crippen LogP contribution in [-0.2, 0) is 13.0 Å². The van der Waals surface area contributed by atoms with E-state index in [1.807, 2.05) is 4.57 Å². The fourth-order valence-corrected chi connectivity index (χ4v) is 2.85. The molecule has 18 heavy (non-hydrogen) atoms. The molecular formula is C12H8BrF3N2. The first-order valence-corrected chi connectivity index (χ1v) is 6.27. The number of aromatic nitrogens is 2. The summed E-state index contributed by atoms with van der Waals surface area (Å²) in [6.07, 6.45) is 1.80. The first-order valence-electron chi connectivity index (χ1n) is 5.47. The first kappa shape index (κ1) is 11.8. The first-order chi connectivity index (χ1) is 8.58. The van der Waals surface area contributed by atoms with Crippen LogP contribution in [0.2, 0.25) is 0 Å². The molecule has 0 saturated heterocycles. The molecular weight excluding hydrogens is 309 g/mol. The second kappa shape index (κ2) is 4.12. The van der Waals surface area contributed by atoms with Gasteiger partial charge in [0.2, 0.25) is 0 Å². The smallest absolute Gasteiger partial charge is 0.161 e. The Labute approximate surface area is 110 Å². The summed E-state index contributed by atoms with van der Waals surface area (Å²) >= 11 is 3.33. The van der Waals surface area contributed by atoms with E-state index in [0.29, 0.717) is 16.4 Å². The van der Waals surface area contributed by atoms with Gasteiger partial charge in [0, 0.05) is 24.6 Å². The van der Waals surface area contributed by atoms with Gasteiger partial charge in [-0.25, -0.2) is 18.2 Å². The lowest BCUT2D eigenvalue weighted by atomic mass is 10.1. The Balaban J connectivity index is 2.19. The molecule has 6 heteroatoms. The average molecular weight is 317 g/mol. The van der Waals surface area contributed by atoms with Crippen molar-refractivity contribution in [2.45, 2.75) is 19.4 Å². The van der Waals surface area contributed by atoms with Crippen LogP contribution in [-0.4, -0.2) is 9.55 Å². The molecule has 0 spiro atoms. The molecule has 0 amide bonds. The summed E-state index contributed by atoms with van der Waals surface area (Å²) in [4.78, 5) is 4.28. The number of rotatable bonds is 1. The van der Waals surface area contributed by atoms with Gasteiger partial charge in [0.05, 0.1) is 0 Å². The predicted molar refractivity (Wildman–Crippen MR) is 63.6 cm³/mol. The molecule has 0 bridgehead atoms. The summed E-state index contributed by atoms with van der Waals surface area (Å²) in [5.74, 6) is -2.25. The largest absolute Gasteiger partial charge is 0.322 e. The number of imidazole rings is 1. The molecule has 2 nitrogen and oxygen atoms in total. The highest BCUT2D eigenvalue weighted by Crippen LogP contribution is 2.34. The molecule has 1 aromatic heterocycles. The van der Waals surface area contributed by atoms with Gasteiger partial charge in [-0.1, -0.05) is 0 Å². The van der Waals surface area contributed by atoms with Crippen LogP contribution in [0.1, 0.15) is 12.2 Å². The molecule has 0 fully saturated rings. The van der Waals surface area contributed by atoms with Crippen molar-refractivity contribution in [1.82, 2.24) is 9.55 Å². The van der Waals surface area contributed by atoms with Crippen molar-refractivity contribution in [3.63, 3.8) is 0 Å². The van der Waals surface area contributed by atoms with E-state index in [0.717, 1.165) is 31.3 Å². The Morgan fingerprint density at radius 3 is 2.56 bits per heavy atom. The number of halogens is 4. The van der Waals surface area contributed by atoms with E-state index in [-0.39, 0.29) is 5.56 Å². The van der Waals surface area contributed by atoms with E-state index in [1.165, 1.54) is 0 Å². The highest BCUT2D eigenvalue weighted by Gasteiger charge is 2.23. The number of benzene rings is 1. The SMILES string of the molecule is Fc1cc(F)c(-c2nc3n(c2Br)CCC3)cc1F. The number of aryl methyl sites for hydroxylation is 1. The Hall–Kier alpha value is -1.30. The topological polar surface area (TPSA) is 17.8 Å². The monoisotopic (exact) mass is 316 g/mol. The van der Waals surface area contributed by atoms with Crippen molar-refractivity contribution in [3.05, 3.63) is 40.0 Å². The van der Waals surface area contributed by atoms with Crippen molar-refractivity contribution in [2.24, 2.45) is 0 Å². The lowest BCUT2D eigenvalue weighted by molar-refractivity contribution is 0.496. The summed E-state index contributed by atoms with van der Waals surface area (Å²) in [6, 6.07) is 1.38. The van der Waals surface area contributed by atoms with Gasteiger partial charge in [0.25, 0.3) is 0 Å². The highest BCUT2D eigenvalue weighted by molar-refractivity contribution is 9.10. The maximum Gasteiger partial charge on any atom is 0.161 e. The Kier molecular flexibility index (Phi) is 2.69. The van der Waals surface area contributed by atoms with E-state index >= 15 is 0 Å². The third-order valence-corrected chi connectivity index (χ3v) is 3.84. The van der Waals surface area contributed by atoms with Crippen LogP contribution in [0.15, 0.2) is 16.7 Å². The molecule has 1 aromatic carbocycles. The number of nitrogens with zero attached hydrogens (tertiary/aromatic N) is 2. The Morgan fingerprint density at radius 2 is 1.83 bits per heavy atom. The van der Waals surface area contributed by atoms with Crippen molar-refractivity contribution in [2.75, 3.05) is 0 Å². The maximum absolute atomic E-state index is 13.7. The van der Waals surface area contributed by atoms with Crippen molar-refractivity contribution in [1.29, 1.82) is 0 Å². The molecule has 0 aliphatic carbocycles. The van der Waals surface area contributed by atoms with Crippen molar-refractivity contribution in [3.8, 4) is 11.3 Å². The van der Waals surface area contributed by atoms with Crippen LogP contribution < -0.4 is 0 Å². The van der Waals surface area contributed by atoms with E-state index in [4.69, 9.17) is 0 Å². The third kappa shape index (κ3) is 1.67. The summed E-state index contributed by atoms with van der Waals surface area (Å²) in [5, 5.41) is 0. The van der Waals surface area contributed by atoms with E-state index in [1.54, 1.807) is 0 Å². The minimum Gasteiger partial charge on any atom is -0.322 e. The molecule has 3 rings (SSSR count). The van der Waals surface area contributed by atoms with Crippen LogP contribution in [0.25, 0.3) is 11.3 Å². The summed E-state index contributed by atoms with van der Waals surface area (Å²) < 4.78 is 42.3. The molecule has 0 unspecified atom stereocenters. The van der Waals surface area contributed by atoms with Gasteiger partial charge >= 0.3 is 0 Å². The van der Waals surface area contributed by atoms with E-state index < -0.39 is 17.5 Å². The molecule has 2 aromatic rings. The minimum atomic E-state index is -1.20. The van der Waals surface area contributed by atoms with E-state index in [2.05, 4.69) is 20.9 Å². The normalized spacial score (nSPS) is 14.0. The Bertz CT molecular complexity index is 637. The van der Waals surface area contributed by atoms with Gasteiger partial charge in [-0.3, -0.25) is 0 Å². The van der Waals surface area contributed by atoms with Crippen LogP contribution in [0, 0.1) is 17.5 Å². The molecule has 0 atom stereocenters. The van der Waals surface area contributed by atoms with Crippen molar-refractivity contribution < 1.29 is 13.2 Å². The molecule has 1 aliphatic rings. The van der Waals surface area contributed by atoms with Gasteiger partial charge < -0.3 is 4.57 Å². The van der Waals surface area contributed by atoms with Gasteiger partial charge in [-0.05, 0) is 28.4 Å². The van der Waals surface area contributed by atoms with Crippen LogP contribution >= 0.6 is 15.9 Å². The maximum atomic E-state index is 13.7. The van der Waals surface area contributed by atoms with Crippen LogP contribution in [0.3, 0.4) is 0 Å². The molecule has 94 valence electrons. The van der Waals surface area contributed by atoms with Gasteiger partial charge in [-0.15, -0.1) is 0 Å². The predicted octanol–water partition coefficient (Wildman–Crippen LogP) is 3.68. The average Bonchev–Trinajstić information content (AvgIpc) is 2.88.